The third kappa shape index (κ3) is 14.8. The molecule has 0 amide bonds. The molecular formula is C46H21BF30N2O. The molecule has 0 aliphatic carbocycles. The van der Waals surface area contributed by atoms with Crippen LogP contribution in [0.2, 0.25) is 0 Å². The number of Topliss-reactive ketones (excluding diaryl/α,β-unsaturated/α-hetero) is 1. The summed E-state index contributed by atoms with van der Waals surface area (Å²) in [6, 6.07) is -8.00. The molecule has 0 aliphatic heterocycles. The van der Waals surface area contributed by atoms with E-state index in [4.69, 9.17) is 0 Å². The SMILES string of the molecule is FC(F)(F)c1cc([B-](c2cc(C(F)(F)F)cc(C(F)(F)F)c2)(c2cc(C(F)(F)F)cc(C(F)(F)F)c2)c2cc(C(F)(F)F)cc(C(F)(F)F)c2)cc(C(F)(F)F)c1.O=C(C[n+]1ccncc1)c1cc(C(F)(F)F)cc(C(F)(F)F)c1. The average Bonchev–Trinajstić information content (AvgIpc) is 3.29. The highest BCUT2D eigenvalue weighted by molar-refractivity contribution is 7.20. The highest BCUT2D eigenvalue weighted by Crippen LogP contribution is 2.42. The number of rotatable bonds is 7. The molecule has 0 saturated heterocycles. The molecule has 34 heteroatoms. The molecule has 0 radical (unpaired) electrons. The van der Waals surface area contributed by atoms with E-state index in [0.29, 0.717) is 12.1 Å². The maximum absolute atomic E-state index is 14.2. The number of halogens is 30. The van der Waals surface area contributed by atoms with Gasteiger partial charge in [-0.25, -0.2) is 0 Å². The summed E-state index contributed by atoms with van der Waals surface area (Å²) in [5.74, 6) is -0.877. The van der Waals surface area contributed by atoms with Crippen LogP contribution in [-0.4, -0.2) is 16.9 Å². The molecule has 0 N–H and O–H groups in total. The van der Waals surface area contributed by atoms with E-state index in [2.05, 4.69) is 4.98 Å². The van der Waals surface area contributed by atoms with Crippen molar-refractivity contribution in [2.75, 3.05) is 0 Å². The summed E-state index contributed by atoms with van der Waals surface area (Å²) in [5.41, 5.74) is -33.9. The van der Waals surface area contributed by atoms with Gasteiger partial charge in [0.15, 0.2) is 12.4 Å². The van der Waals surface area contributed by atoms with Crippen molar-refractivity contribution in [3.8, 4) is 0 Å². The molecule has 0 aliphatic rings. The first kappa shape index (κ1) is 63.6. The fraction of sp³-hybridized carbons (Fsp3) is 0.239. The van der Waals surface area contributed by atoms with Crippen LogP contribution in [0.5, 0.6) is 0 Å². The quantitative estimate of drug-likeness (QED) is 0.0691. The van der Waals surface area contributed by atoms with Crippen LogP contribution in [0.3, 0.4) is 0 Å². The van der Waals surface area contributed by atoms with Gasteiger partial charge in [0.2, 0.25) is 12.3 Å². The van der Waals surface area contributed by atoms with Gasteiger partial charge >= 0.3 is 61.8 Å². The van der Waals surface area contributed by atoms with Crippen LogP contribution in [0.4, 0.5) is 132 Å². The molecule has 6 aromatic rings. The standard InChI is InChI=1S/C32H12BF24.C14H9F6N2O/c34-25(35,36)13-1-14(26(37,38)39)6-21(5-13)33(22-7-15(27(40,41)42)2-16(8-22)28(43,44)45,23-9-17(29(46,47)48)3-18(10-23)30(49,50)51)24-11-19(31(52,53)54)4-20(12-24)32(55,56)57;15-13(16,17)10-5-9(6-11(7-10)14(18,19)20)12(23)8-22-3-1-21-2-4-22/h1-12H;1-7H,8H2/q-1;+1. The van der Waals surface area contributed by atoms with Crippen molar-refractivity contribution < 1.29 is 141 Å². The van der Waals surface area contributed by atoms with Crippen molar-refractivity contribution >= 4 is 33.8 Å². The van der Waals surface area contributed by atoms with Crippen molar-refractivity contribution in [3.63, 3.8) is 0 Å². The zero-order valence-electron chi connectivity index (χ0n) is 37.9. The second-order valence-corrected chi connectivity index (χ2v) is 16.9. The first-order chi connectivity index (χ1) is 35.8. The third-order valence-electron chi connectivity index (χ3n) is 11.4. The molecule has 0 saturated carbocycles. The van der Waals surface area contributed by atoms with E-state index < -0.39 is 236 Å². The maximum atomic E-state index is 14.2. The summed E-state index contributed by atoms with van der Waals surface area (Å²) >= 11 is 0. The Hall–Kier alpha value is -7.19. The van der Waals surface area contributed by atoms with Gasteiger partial charge in [0, 0.05) is 5.56 Å². The summed E-state index contributed by atoms with van der Waals surface area (Å²) in [7, 11) is 0. The lowest BCUT2D eigenvalue weighted by molar-refractivity contribution is -0.683. The van der Waals surface area contributed by atoms with Crippen LogP contribution < -0.4 is 26.4 Å². The number of alkyl halides is 30. The van der Waals surface area contributed by atoms with Gasteiger partial charge in [0.25, 0.3) is 0 Å². The summed E-state index contributed by atoms with van der Waals surface area (Å²) < 4.78 is 419. The lowest BCUT2D eigenvalue weighted by Gasteiger charge is -2.46. The third-order valence-corrected chi connectivity index (χ3v) is 11.4. The number of ketones is 1. The van der Waals surface area contributed by atoms with Crippen LogP contribution >= 0.6 is 0 Å². The van der Waals surface area contributed by atoms with Crippen LogP contribution in [0.15, 0.2) is 116 Å². The predicted molar refractivity (Wildman–Crippen MR) is 215 cm³/mol. The predicted octanol–water partition coefficient (Wildman–Crippen LogP) is 14.5. The van der Waals surface area contributed by atoms with Gasteiger partial charge in [0.05, 0.1) is 68.0 Å². The number of carbonyl (C=O) groups is 1. The molecule has 0 fully saturated rings. The number of hydrogen-bond donors (Lipinski definition) is 0. The highest BCUT2D eigenvalue weighted by Gasteiger charge is 2.48. The number of aromatic nitrogens is 2. The Morgan fingerprint density at radius 2 is 0.475 bits per heavy atom. The Morgan fingerprint density at radius 3 is 0.650 bits per heavy atom. The van der Waals surface area contributed by atoms with E-state index >= 15 is 0 Å². The smallest absolute Gasteiger partial charge is 0.287 e. The lowest BCUT2D eigenvalue weighted by atomic mass is 9.12. The van der Waals surface area contributed by atoms with E-state index in [9.17, 15) is 137 Å². The fourth-order valence-corrected chi connectivity index (χ4v) is 7.90. The van der Waals surface area contributed by atoms with Gasteiger partial charge in [-0.3, -0.25) is 9.78 Å². The highest BCUT2D eigenvalue weighted by atomic mass is 19.4. The van der Waals surface area contributed by atoms with Crippen LogP contribution in [0.1, 0.15) is 66.0 Å². The molecule has 6 rings (SSSR count). The van der Waals surface area contributed by atoms with Crippen LogP contribution in [0, 0.1) is 0 Å². The second kappa shape index (κ2) is 21.0. The van der Waals surface area contributed by atoms with Gasteiger partial charge in [-0.1, -0.05) is 48.5 Å². The summed E-state index contributed by atoms with van der Waals surface area (Å²) in [6.07, 6.45) is -59.4. The largest absolute Gasteiger partial charge is 0.416 e. The van der Waals surface area contributed by atoms with Gasteiger partial charge in [-0.2, -0.15) is 158 Å². The lowest BCUT2D eigenvalue weighted by Crippen LogP contribution is -2.75. The van der Waals surface area contributed by atoms with E-state index in [1.54, 1.807) is 0 Å². The number of nitrogens with zero attached hydrogens (tertiary/aromatic N) is 2. The van der Waals surface area contributed by atoms with Crippen LogP contribution in [0.25, 0.3) is 0 Å². The van der Waals surface area contributed by atoms with E-state index in [1.807, 2.05) is 0 Å². The topological polar surface area (TPSA) is 33.8 Å². The number of benzene rings is 5. The molecule has 1 heterocycles. The van der Waals surface area contributed by atoms with Gasteiger partial charge < -0.3 is 0 Å². The van der Waals surface area contributed by atoms with Crippen molar-refractivity contribution in [2.45, 2.75) is 68.3 Å². The Kier molecular flexibility index (Phi) is 16.7. The second-order valence-electron chi connectivity index (χ2n) is 16.9. The molecule has 0 unspecified atom stereocenters. The fourth-order valence-electron chi connectivity index (χ4n) is 7.90. The molecule has 0 atom stereocenters. The summed E-state index contributed by atoms with van der Waals surface area (Å²) in [6.45, 7) is -0.402. The Balaban J connectivity index is 0.000000424. The molecule has 0 bridgehead atoms. The van der Waals surface area contributed by atoms with Gasteiger partial charge in [0.1, 0.15) is 6.15 Å². The van der Waals surface area contributed by atoms with Crippen molar-refractivity contribution in [3.05, 3.63) is 177 Å². The molecule has 434 valence electrons. The summed E-state index contributed by atoms with van der Waals surface area (Å²) in [4.78, 5) is 15.7. The molecular weight excluding hydrogens is 1180 g/mol. The molecule has 5 aromatic carbocycles. The minimum atomic E-state index is -6.13. The van der Waals surface area contributed by atoms with Crippen LogP contribution in [-0.2, 0) is 68.3 Å². The van der Waals surface area contributed by atoms with Crippen molar-refractivity contribution in [1.82, 2.24) is 4.98 Å². The Labute approximate surface area is 425 Å². The zero-order valence-corrected chi connectivity index (χ0v) is 37.9. The Morgan fingerprint density at radius 1 is 0.300 bits per heavy atom. The number of carbonyl (C=O) groups excluding carboxylic acids is 1. The Bertz CT molecular complexity index is 2760. The van der Waals surface area contributed by atoms with Crippen molar-refractivity contribution in [1.29, 1.82) is 0 Å². The average molecular weight is 1200 g/mol. The van der Waals surface area contributed by atoms with E-state index in [0.717, 1.165) is 0 Å². The van der Waals surface area contributed by atoms with E-state index in [-0.39, 0.29) is 6.07 Å². The van der Waals surface area contributed by atoms with Crippen molar-refractivity contribution in [2.24, 2.45) is 0 Å². The molecule has 3 nitrogen and oxygen atoms in total. The molecule has 80 heavy (non-hydrogen) atoms. The minimum absolute atomic E-state index is 0.0175. The first-order valence-corrected chi connectivity index (χ1v) is 20.8. The number of hydrogen-bond acceptors (Lipinski definition) is 2. The normalized spacial score (nSPS) is 13.7. The van der Waals surface area contributed by atoms with E-state index in [1.165, 1.54) is 29.4 Å². The van der Waals surface area contributed by atoms with Gasteiger partial charge in [-0.15, -0.1) is 0 Å². The molecule has 0 spiro atoms. The minimum Gasteiger partial charge on any atom is -0.287 e. The summed E-state index contributed by atoms with van der Waals surface area (Å²) in [5, 5.41) is 0. The maximum Gasteiger partial charge on any atom is 0.416 e. The first-order valence-electron chi connectivity index (χ1n) is 20.8. The monoisotopic (exact) mass is 1200 g/mol. The zero-order chi connectivity index (χ0) is 61.2. The van der Waals surface area contributed by atoms with Gasteiger partial charge in [-0.05, 0) is 42.5 Å². The molecule has 1 aromatic heterocycles.